The molecule has 0 radical (unpaired) electrons. The first-order valence-corrected chi connectivity index (χ1v) is 7.17. The maximum Gasteiger partial charge on any atom is 0.310 e. The summed E-state index contributed by atoms with van der Waals surface area (Å²) in [6.07, 6.45) is 4.69. The minimum Gasteiger partial charge on any atom is -0.469 e. The standard InChI is InChI=1S/C16H21NO2/c1-19-15(18)14-12-16(14,13-8-4-2-5-9-13)17-10-6-3-7-11-17/h2,4-5,8-9,14H,3,6-7,10-12H2,1H3. The van der Waals surface area contributed by atoms with Gasteiger partial charge in [-0.3, -0.25) is 9.69 Å². The monoisotopic (exact) mass is 259 g/mol. The van der Waals surface area contributed by atoms with Gasteiger partial charge in [-0.1, -0.05) is 36.8 Å². The normalized spacial score (nSPS) is 30.9. The molecule has 3 rings (SSSR count). The van der Waals surface area contributed by atoms with Gasteiger partial charge in [0.2, 0.25) is 0 Å². The number of hydrogen-bond acceptors (Lipinski definition) is 3. The maximum absolute atomic E-state index is 12.0. The number of likely N-dealkylation sites (tertiary alicyclic amines) is 1. The molecule has 0 aromatic heterocycles. The van der Waals surface area contributed by atoms with Gasteiger partial charge < -0.3 is 4.74 Å². The summed E-state index contributed by atoms with van der Waals surface area (Å²) in [4.78, 5) is 14.5. The van der Waals surface area contributed by atoms with Crippen LogP contribution in [-0.2, 0) is 15.1 Å². The molecular formula is C16H21NO2. The summed E-state index contributed by atoms with van der Waals surface area (Å²) >= 11 is 0. The van der Waals surface area contributed by atoms with E-state index in [-0.39, 0.29) is 17.4 Å². The van der Waals surface area contributed by atoms with E-state index in [9.17, 15) is 4.79 Å². The first-order valence-electron chi connectivity index (χ1n) is 7.17. The number of nitrogens with zero attached hydrogens (tertiary/aromatic N) is 1. The van der Waals surface area contributed by atoms with E-state index in [2.05, 4.69) is 29.2 Å². The van der Waals surface area contributed by atoms with Crippen LogP contribution in [0.5, 0.6) is 0 Å². The molecule has 2 unspecified atom stereocenters. The van der Waals surface area contributed by atoms with Gasteiger partial charge >= 0.3 is 5.97 Å². The minimum atomic E-state index is -0.0885. The van der Waals surface area contributed by atoms with Crippen molar-refractivity contribution in [3.05, 3.63) is 35.9 Å². The van der Waals surface area contributed by atoms with Crippen LogP contribution in [0.1, 0.15) is 31.2 Å². The van der Waals surface area contributed by atoms with Crippen LogP contribution in [-0.4, -0.2) is 31.1 Å². The van der Waals surface area contributed by atoms with Crippen molar-refractivity contribution in [1.82, 2.24) is 4.90 Å². The van der Waals surface area contributed by atoms with Gasteiger partial charge in [0.1, 0.15) is 0 Å². The molecule has 3 nitrogen and oxygen atoms in total. The van der Waals surface area contributed by atoms with Crippen LogP contribution in [0.3, 0.4) is 0 Å². The minimum absolute atomic E-state index is 0.0120. The number of piperidine rings is 1. The first kappa shape index (κ1) is 12.7. The van der Waals surface area contributed by atoms with Crippen molar-refractivity contribution in [2.75, 3.05) is 20.2 Å². The van der Waals surface area contributed by atoms with Gasteiger partial charge in [0.25, 0.3) is 0 Å². The van der Waals surface area contributed by atoms with Gasteiger partial charge in [0.05, 0.1) is 18.6 Å². The molecule has 1 aromatic rings. The molecule has 102 valence electrons. The van der Waals surface area contributed by atoms with Gasteiger partial charge in [0.15, 0.2) is 0 Å². The number of benzene rings is 1. The number of carbonyl (C=O) groups excluding carboxylic acids is 1. The second-order valence-electron chi connectivity index (χ2n) is 5.62. The number of rotatable bonds is 3. The molecule has 2 atom stereocenters. The fraction of sp³-hybridized carbons (Fsp3) is 0.562. The second kappa shape index (κ2) is 4.97. The third kappa shape index (κ3) is 2.06. The van der Waals surface area contributed by atoms with Gasteiger partial charge in [-0.05, 0) is 37.9 Å². The van der Waals surface area contributed by atoms with Crippen molar-refractivity contribution < 1.29 is 9.53 Å². The maximum atomic E-state index is 12.0. The number of methoxy groups -OCH3 is 1. The van der Waals surface area contributed by atoms with Crippen LogP contribution < -0.4 is 0 Å². The zero-order valence-electron chi connectivity index (χ0n) is 11.5. The van der Waals surface area contributed by atoms with Crippen molar-refractivity contribution >= 4 is 5.97 Å². The molecule has 2 aliphatic rings. The van der Waals surface area contributed by atoms with Crippen LogP contribution in [0.25, 0.3) is 0 Å². The molecule has 2 fully saturated rings. The smallest absolute Gasteiger partial charge is 0.310 e. The highest BCUT2D eigenvalue weighted by atomic mass is 16.5. The lowest BCUT2D eigenvalue weighted by Gasteiger charge is -2.36. The predicted octanol–water partition coefficient (Wildman–Crippen LogP) is 2.56. The molecule has 1 aliphatic heterocycles. The van der Waals surface area contributed by atoms with E-state index in [0.717, 1.165) is 19.5 Å². The molecule has 1 aliphatic carbocycles. The molecule has 19 heavy (non-hydrogen) atoms. The number of hydrogen-bond donors (Lipinski definition) is 0. The third-order valence-corrected chi connectivity index (χ3v) is 4.61. The van der Waals surface area contributed by atoms with Crippen molar-refractivity contribution in [2.45, 2.75) is 31.2 Å². The fourth-order valence-corrected chi connectivity index (χ4v) is 3.54. The van der Waals surface area contributed by atoms with E-state index in [4.69, 9.17) is 4.74 Å². The highest BCUT2D eigenvalue weighted by Gasteiger charge is 2.63. The zero-order chi connectivity index (χ0) is 13.3. The van der Waals surface area contributed by atoms with E-state index in [1.807, 2.05) is 6.07 Å². The summed E-state index contributed by atoms with van der Waals surface area (Å²) in [6.45, 7) is 2.20. The summed E-state index contributed by atoms with van der Waals surface area (Å²) in [5.74, 6) is -0.0487. The Bertz CT molecular complexity index is 453. The fourth-order valence-electron chi connectivity index (χ4n) is 3.54. The van der Waals surface area contributed by atoms with Crippen molar-refractivity contribution in [3.8, 4) is 0 Å². The Hall–Kier alpha value is -1.35. The summed E-state index contributed by atoms with van der Waals surface area (Å²) in [5, 5.41) is 0. The third-order valence-electron chi connectivity index (χ3n) is 4.61. The quantitative estimate of drug-likeness (QED) is 0.781. The average Bonchev–Trinajstić information content (AvgIpc) is 3.25. The van der Waals surface area contributed by atoms with Gasteiger partial charge in [-0.2, -0.15) is 0 Å². The number of ether oxygens (including phenoxy) is 1. The highest BCUT2D eigenvalue weighted by molar-refractivity contribution is 5.78. The van der Waals surface area contributed by atoms with Crippen LogP contribution >= 0.6 is 0 Å². The Morgan fingerprint density at radius 1 is 1.21 bits per heavy atom. The van der Waals surface area contributed by atoms with E-state index in [1.54, 1.807) is 0 Å². The summed E-state index contributed by atoms with van der Waals surface area (Å²) in [6, 6.07) is 10.5. The SMILES string of the molecule is COC(=O)C1CC1(c1ccccc1)N1CCCCC1. The lowest BCUT2D eigenvalue weighted by molar-refractivity contribution is -0.143. The van der Waals surface area contributed by atoms with E-state index in [0.29, 0.717) is 0 Å². The molecule has 1 aromatic carbocycles. The Morgan fingerprint density at radius 2 is 1.89 bits per heavy atom. The van der Waals surface area contributed by atoms with Gasteiger partial charge in [-0.15, -0.1) is 0 Å². The zero-order valence-corrected chi connectivity index (χ0v) is 11.5. The molecule has 3 heteroatoms. The molecule has 1 saturated carbocycles. The van der Waals surface area contributed by atoms with Crippen molar-refractivity contribution in [2.24, 2.45) is 5.92 Å². The Labute approximate surface area is 114 Å². The largest absolute Gasteiger partial charge is 0.469 e. The molecule has 1 saturated heterocycles. The van der Waals surface area contributed by atoms with Crippen LogP contribution in [0, 0.1) is 5.92 Å². The molecule has 0 bridgehead atoms. The van der Waals surface area contributed by atoms with Crippen LogP contribution in [0.4, 0.5) is 0 Å². The highest BCUT2D eigenvalue weighted by Crippen LogP contribution is 2.57. The van der Waals surface area contributed by atoms with Crippen LogP contribution in [0.15, 0.2) is 30.3 Å². The number of esters is 1. The van der Waals surface area contributed by atoms with Crippen molar-refractivity contribution in [3.63, 3.8) is 0 Å². The first-order chi connectivity index (χ1) is 9.29. The van der Waals surface area contributed by atoms with E-state index >= 15 is 0 Å². The molecule has 0 spiro atoms. The summed E-state index contributed by atoms with van der Waals surface area (Å²) in [5.41, 5.74) is 1.18. The van der Waals surface area contributed by atoms with Crippen LogP contribution in [0.2, 0.25) is 0 Å². The summed E-state index contributed by atoms with van der Waals surface area (Å²) in [7, 11) is 1.49. The molecule has 0 amide bonds. The number of carbonyl (C=O) groups is 1. The average molecular weight is 259 g/mol. The van der Waals surface area contributed by atoms with Gasteiger partial charge in [0, 0.05) is 0 Å². The Balaban J connectivity index is 1.91. The molecular weight excluding hydrogens is 238 g/mol. The van der Waals surface area contributed by atoms with E-state index < -0.39 is 0 Å². The van der Waals surface area contributed by atoms with Gasteiger partial charge in [-0.25, -0.2) is 0 Å². The molecule has 1 heterocycles. The van der Waals surface area contributed by atoms with E-state index in [1.165, 1.54) is 31.9 Å². The lowest BCUT2D eigenvalue weighted by atomic mass is 9.97. The topological polar surface area (TPSA) is 29.5 Å². The lowest BCUT2D eigenvalue weighted by Crippen LogP contribution is -2.41. The summed E-state index contributed by atoms with van der Waals surface area (Å²) < 4.78 is 4.98. The Kier molecular flexibility index (Phi) is 3.31. The molecule has 0 N–H and O–H groups in total. The second-order valence-corrected chi connectivity index (χ2v) is 5.62. The van der Waals surface area contributed by atoms with Crippen molar-refractivity contribution in [1.29, 1.82) is 0 Å². The Morgan fingerprint density at radius 3 is 2.53 bits per heavy atom. The predicted molar refractivity (Wildman–Crippen MR) is 73.7 cm³/mol.